The number of allylic oxidation sites excluding steroid dienone is 4. The third kappa shape index (κ3) is 2.29. The molecule has 0 aromatic heterocycles. The molecule has 2 aliphatic rings. The molecular weight excluding hydrogens is 316 g/mol. The minimum atomic E-state index is -0.312. The van der Waals surface area contributed by atoms with Crippen LogP contribution in [-0.2, 0) is 5.41 Å². The lowest BCUT2D eigenvalue weighted by molar-refractivity contribution is 0.638. The van der Waals surface area contributed by atoms with Crippen LogP contribution in [0.1, 0.15) is 31.4 Å². The second kappa shape index (κ2) is 6.45. The Balaban J connectivity index is 2.11. The van der Waals surface area contributed by atoms with Crippen molar-refractivity contribution in [2.24, 2.45) is 16.6 Å². The molecule has 0 bridgehead atoms. The summed E-state index contributed by atoms with van der Waals surface area (Å²) in [5.41, 5.74) is 13.2. The predicted molar refractivity (Wildman–Crippen MR) is 109 cm³/mol. The van der Waals surface area contributed by atoms with Crippen molar-refractivity contribution in [3.8, 4) is 0 Å². The lowest BCUT2D eigenvalue weighted by Crippen LogP contribution is -2.31. The Morgan fingerprint density at radius 1 is 1.00 bits per heavy atom. The number of benzene rings is 2. The Hall–Kier alpha value is -2.87. The molecule has 2 N–H and O–H groups in total. The largest absolute Gasteiger partial charge is 0.399 e. The number of fused-ring (bicyclic) bond motifs is 1. The van der Waals surface area contributed by atoms with Gasteiger partial charge in [-0.3, -0.25) is 4.99 Å². The molecule has 2 aliphatic carbocycles. The third-order valence-electron chi connectivity index (χ3n) is 5.68. The predicted octanol–water partition coefficient (Wildman–Crippen LogP) is 5.14. The van der Waals surface area contributed by atoms with Crippen LogP contribution >= 0.6 is 0 Å². The van der Waals surface area contributed by atoms with Gasteiger partial charge in [-0.15, -0.1) is 0 Å². The number of nitrogens with two attached hydrogens (primary N) is 1. The molecule has 2 aromatic rings. The van der Waals surface area contributed by atoms with Crippen molar-refractivity contribution in [3.05, 3.63) is 106 Å². The summed E-state index contributed by atoms with van der Waals surface area (Å²) in [5.74, 6) is 0.277. The van der Waals surface area contributed by atoms with E-state index in [4.69, 9.17) is 10.7 Å². The molecule has 0 amide bonds. The normalized spacial score (nSPS) is 21.5. The summed E-state index contributed by atoms with van der Waals surface area (Å²) >= 11 is 0. The van der Waals surface area contributed by atoms with Gasteiger partial charge in [0.15, 0.2) is 0 Å². The first-order chi connectivity index (χ1) is 12.7. The molecule has 0 aliphatic heterocycles. The van der Waals surface area contributed by atoms with Gasteiger partial charge in [0.2, 0.25) is 0 Å². The van der Waals surface area contributed by atoms with Crippen molar-refractivity contribution in [1.29, 1.82) is 0 Å². The van der Waals surface area contributed by atoms with E-state index in [1.54, 1.807) is 0 Å². The first-order valence-electron chi connectivity index (χ1n) is 9.18. The van der Waals surface area contributed by atoms with Crippen molar-refractivity contribution in [1.82, 2.24) is 0 Å². The van der Waals surface area contributed by atoms with E-state index in [0.717, 1.165) is 12.1 Å². The zero-order chi connectivity index (χ0) is 18.1. The minimum Gasteiger partial charge on any atom is -0.399 e. The van der Waals surface area contributed by atoms with Gasteiger partial charge in [-0.25, -0.2) is 0 Å². The van der Waals surface area contributed by atoms with E-state index in [1.807, 2.05) is 13.1 Å². The van der Waals surface area contributed by atoms with Crippen LogP contribution in [-0.4, -0.2) is 6.21 Å². The maximum absolute atomic E-state index is 6.26. The SMILES string of the molecule is C/C=N\C1=C(C)C(c2ccccc2)(c2ccccc2)C2=CC(N)=CCC21. The number of nitrogens with zero attached hydrogens (tertiary/aromatic N) is 1. The monoisotopic (exact) mass is 340 g/mol. The van der Waals surface area contributed by atoms with E-state index >= 15 is 0 Å². The van der Waals surface area contributed by atoms with Crippen LogP contribution in [0.3, 0.4) is 0 Å². The van der Waals surface area contributed by atoms with Crippen LogP contribution in [0.25, 0.3) is 0 Å². The summed E-state index contributed by atoms with van der Waals surface area (Å²) < 4.78 is 0. The summed E-state index contributed by atoms with van der Waals surface area (Å²) in [6.45, 7) is 4.22. The molecule has 0 saturated heterocycles. The maximum atomic E-state index is 6.26. The molecule has 0 saturated carbocycles. The van der Waals surface area contributed by atoms with Gasteiger partial charge in [0, 0.05) is 23.5 Å². The van der Waals surface area contributed by atoms with Crippen LogP contribution in [0.2, 0.25) is 0 Å². The molecule has 0 heterocycles. The molecule has 2 nitrogen and oxygen atoms in total. The molecule has 2 heteroatoms. The van der Waals surface area contributed by atoms with Gasteiger partial charge in [-0.2, -0.15) is 0 Å². The highest BCUT2D eigenvalue weighted by Crippen LogP contribution is 2.58. The highest BCUT2D eigenvalue weighted by atomic mass is 14.8. The standard InChI is InChI=1S/C24H24N2/c1-3-26-23-17(2)24(18-10-6-4-7-11-18,19-12-8-5-9-13-19)22-16-20(25)14-15-21(22)23/h3-14,16,21H,15,25H2,1-2H3/b26-3-. The van der Waals surface area contributed by atoms with Gasteiger partial charge < -0.3 is 5.73 Å². The van der Waals surface area contributed by atoms with Crippen LogP contribution in [0.4, 0.5) is 0 Å². The molecule has 2 aromatic carbocycles. The summed E-state index contributed by atoms with van der Waals surface area (Å²) in [6.07, 6.45) is 7.11. The molecule has 0 radical (unpaired) electrons. The fourth-order valence-electron chi connectivity index (χ4n) is 4.65. The molecule has 130 valence electrons. The van der Waals surface area contributed by atoms with Gasteiger partial charge >= 0.3 is 0 Å². The average molecular weight is 340 g/mol. The fraction of sp³-hybridized carbons (Fsp3) is 0.208. The molecule has 26 heavy (non-hydrogen) atoms. The van der Waals surface area contributed by atoms with Gasteiger partial charge in [0.25, 0.3) is 0 Å². The molecule has 0 spiro atoms. The minimum absolute atomic E-state index is 0.277. The van der Waals surface area contributed by atoms with Gasteiger partial charge in [-0.05, 0) is 48.6 Å². The summed E-state index contributed by atoms with van der Waals surface area (Å²) in [4.78, 5) is 4.80. The van der Waals surface area contributed by atoms with Gasteiger partial charge in [0.1, 0.15) is 0 Å². The highest BCUT2D eigenvalue weighted by molar-refractivity contribution is 5.68. The lowest BCUT2D eigenvalue weighted by Gasteiger charge is -2.37. The van der Waals surface area contributed by atoms with Crippen molar-refractivity contribution < 1.29 is 0 Å². The van der Waals surface area contributed by atoms with Crippen molar-refractivity contribution in [2.75, 3.05) is 0 Å². The Bertz CT molecular complexity index is 891. The summed E-state index contributed by atoms with van der Waals surface area (Å²) in [5, 5.41) is 0. The maximum Gasteiger partial charge on any atom is 0.0649 e. The Morgan fingerprint density at radius 3 is 2.12 bits per heavy atom. The zero-order valence-electron chi connectivity index (χ0n) is 15.3. The zero-order valence-corrected chi connectivity index (χ0v) is 15.3. The first kappa shape index (κ1) is 16.6. The van der Waals surface area contributed by atoms with E-state index in [1.165, 1.54) is 28.0 Å². The van der Waals surface area contributed by atoms with Crippen molar-refractivity contribution >= 4 is 6.21 Å². The molecule has 4 rings (SSSR count). The Labute approximate surface area is 155 Å². The quantitative estimate of drug-likeness (QED) is 0.772. The van der Waals surface area contributed by atoms with E-state index in [2.05, 4.69) is 79.7 Å². The number of hydrogen-bond donors (Lipinski definition) is 1. The summed E-state index contributed by atoms with van der Waals surface area (Å²) in [7, 11) is 0. The van der Waals surface area contributed by atoms with Crippen molar-refractivity contribution in [2.45, 2.75) is 25.7 Å². The van der Waals surface area contributed by atoms with Crippen LogP contribution < -0.4 is 5.73 Å². The van der Waals surface area contributed by atoms with Crippen LogP contribution in [0.5, 0.6) is 0 Å². The number of rotatable bonds is 3. The fourth-order valence-corrected chi connectivity index (χ4v) is 4.65. The third-order valence-corrected chi connectivity index (χ3v) is 5.68. The lowest BCUT2D eigenvalue weighted by atomic mass is 9.65. The van der Waals surface area contributed by atoms with E-state index in [-0.39, 0.29) is 11.3 Å². The van der Waals surface area contributed by atoms with Crippen LogP contribution in [0.15, 0.2) is 100 Å². The number of hydrogen-bond acceptors (Lipinski definition) is 2. The first-order valence-corrected chi connectivity index (χ1v) is 9.18. The number of aliphatic imine (C=N–C) groups is 1. The van der Waals surface area contributed by atoms with Crippen LogP contribution in [0, 0.1) is 5.92 Å². The molecule has 1 atom stereocenters. The van der Waals surface area contributed by atoms with Gasteiger partial charge in [0.05, 0.1) is 5.41 Å². The average Bonchev–Trinajstić information content (AvgIpc) is 2.92. The molecule has 0 fully saturated rings. The Morgan fingerprint density at radius 2 is 1.58 bits per heavy atom. The second-order valence-electron chi connectivity index (χ2n) is 6.97. The molecular formula is C24H24N2. The van der Waals surface area contributed by atoms with E-state index in [9.17, 15) is 0 Å². The second-order valence-corrected chi connectivity index (χ2v) is 6.97. The van der Waals surface area contributed by atoms with Crippen molar-refractivity contribution in [3.63, 3.8) is 0 Å². The van der Waals surface area contributed by atoms with E-state index in [0.29, 0.717) is 0 Å². The molecule has 1 unspecified atom stereocenters. The Kier molecular flexibility index (Phi) is 4.12. The topological polar surface area (TPSA) is 38.4 Å². The van der Waals surface area contributed by atoms with E-state index < -0.39 is 0 Å². The summed E-state index contributed by atoms with van der Waals surface area (Å²) in [6, 6.07) is 21.5. The highest BCUT2D eigenvalue weighted by Gasteiger charge is 2.50. The van der Waals surface area contributed by atoms with Gasteiger partial charge in [-0.1, -0.05) is 66.7 Å². The smallest absolute Gasteiger partial charge is 0.0649 e.